The molecule has 0 saturated carbocycles. The summed E-state index contributed by atoms with van der Waals surface area (Å²) in [5.74, 6) is 1.87. The number of benzene rings is 4. The lowest BCUT2D eigenvalue weighted by Gasteiger charge is -2.24. The lowest BCUT2D eigenvalue weighted by Crippen LogP contribution is -2.37. The summed E-state index contributed by atoms with van der Waals surface area (Å²) in [6.45, 7) is 1.24. The van der Waals surface area contributed by atoms with Gasteiger partial charge in [-0.2, -0.15) is 0 Å². The van der Waals surface area contributed by atoms with E-state index in [-0.39, 0.29) is 48.6 Å². The van der Waals surface area contributed by atoms with Crippen molar-refractivity contribution in [2.75, 3.05) is 37.9 Å². The fourth-order valence-corrected chi connectivity index (χ4v) is 7.24. The molecule has 0 bridgehead atoms. The topological polar surface area (TPSA) is 143 Å². The van der Waals surface area contributed by atoms with E-state index in [1.807, 2.05) is 36.4 Å². The van der Waals surface area contributed by atoms with Crippen LogP contribution in [0.25, 0.3) is 22.8 Å². The zero-order valence-electron chi connectivity index (χ0n) is 30.8. The Morgan fingerprint density at radius 1 is 0.636 bits per heavy atom. The number of rotatable bonds is 12. The van der Waals surface area contributed by atoms with Gasteiger partial charge in [0.05, 0.1) is 20.4 Å². The van der Waals surface area contributed by atoms with Gasteiger partial charge >= 0.3 is 0 Å². The van der Waals surface area contributed by atoms with Crippen LogP contribution in [0.3, 0.4) is 0 Å². The summed E-state index contributed by atoms with van der Waals surface area (Å²) in [7, 11) is 3.17. The minimum atomic E-state index is -0.170. The van der Waals surface area contributed by atoms with Crippen LogP contribution < -0.4 is 20.1 Å². The van der Waals surface area contributed by atoms with Gasteiger partial charge in [0.15, 0.2) is 5.76 Å². The van der Waals surface area contributed by atoms with Crippen LogP contribution in [0.1, 0.15) is 59.2 Å². The number of amides is 4. The van der Waals surface area contributed by atoms with Crippen LogP contribution >= 0.6 is 0 Å². The molecule has 0 unspecified atom stereocenters. The molecule has 282 valence electrons. The molecule has 2 N–H and O–H groups in total. The molecule has 4 amide bonds. The molecule has 12 nitrogen and oxygen atoms in total. The molecule has 0 spiro atoms. The van der Waals surface area contributed by atoms with Gasteiger partial charge in [-0.1, -0.05) is 0 Å². The van der Waals surface area contributed by atoms with E-state index in [1.165, 1.54) is 0 Å². The molecular formula is C43H43N5O7. The smallest absolute Gasteiger partial charge is 0.254 e. The molecule has 2 atom stereocenters. The van der Waals surface area contributed by atoms with Crippen LogP contribution in [-0.2, 0) is 9.59 Å². The molecular weight excluding hydrogens is 699 g/mol. The summed E-state index contributed by atoms with van der Waals surface area (Å²) in [4.78, 5) is 60.3. The highest BCUT2D eigenvalue weighted by molar-refractivity contribution is 5.97. The van der Waals surface area contributed by atoms with E-state index < -0.39 is 0 Å². The number of carbonyl (C=O) groups is 4. The first kappa shape index (κ1) is 36.9. The SMILES string of the molecule is COc1ccc(C(=O)N2CCC[C@H]2CC(=O)Nc2ccc(-c3cnc(-c4ccc(NC(=O)C[C@@H]5CCCN5C(=O)c5ccc(OC)cc5)cc4)o3)cc2)cc1. The third kappa shape index (κ3) is 8.70. The summed E-state index contributed by atoms with van der Waals surface area (Å²) >= 11 is 0. The monoisotopic (exact) mass is 741 g/mol. The second-order valence-corrected chi connectivity index (χ2v) is 13.7. The van der Waals surface area contributed by atoms with Gasteiger partial charge in [-0.25, -0.2) is 4.98 Å². The van der Waals surface area contributed by atoms with Crippen LogP contribution in [-0.4, -0.2) is 77.8 Å². The number of hydrogen-bond acceptors (Lipinski definition) is 8. The Morgan fingerprint density at radius 2 is 1.07 bits per heavy atom. The molecule has 1 aromatic heterocycles. The first-order valence-electron chi connectivity index (χ1n) is 18.4. The molecule has 5 aromatic rings. The molecule has 55 heavy (non-hydrogen) atoms. The second-order valence-electron chi connectivity index (χ2n) is 13.7. The van der Waals surface area contributed by atoms with Gasteiger partial charge in [0.1, 0.15) is 11.5 Å². The van der Waals surface area contributed by atoms with Crippen molar-refractivity contribution in [2.24, 2.45) is 0 Å². The van der Waals surface area contributed by atoms with Crippen molar-refractivity contribution in [1.82, 2.24) is 14.8 Å². The van der Waals surface area contributed by atoms with E-state index in [0.717, 1.165) is 36.8 Å². The number of methoxy groups -OCH3 is 2. The molecule has 2 fully saturated rings. The van der Waals surface area contributed by atoms with Gasteiger partial charge < -0.3 is 34.3 Å². The highest BCUT2D eigenvalue weighted by Gasteiger charge is 2.32. The number of likely N-dealkylation sites (tertiary alicyclic amines) is 2. The highest BCUT2D eigenvalue weighted by atomic mass is 16.5. The molecule has 7 rings (SSSR count). The predicted molar refractivity (Wildman–Crippen MR) is 208 cm³/mol. The summed E-state index contributed by atoms with van der Waals surface area (Å²) in [6, 6.07) is 28.3. The van der Waals surface area contributed by atoms with Gasteiger partial charge in [0.2, 0.25) is 17.7 Å². The summed E-state index contributed by atoms with van der Waals surface area (Å²) < 4.78 is 16.5. The maximum atomic E-state index is 13.2. The first-order valence-corrected chi connectivity index (χ1v) is 18.4. The van der Waals surface area contributed by atoms with Crippen molar-refractivity contribution >= 4 is 35.0 Å². The fraction of sp³-hybridized carbons (Fsp3) is 0.279. The van der Waals surface area contributed by atoms with Crippen LogP contribution in [0.2, 0.25) is 0 Å². The van der Waals surface area contributed by atoms with Crippen LogP contribution in [0.15, 0.2) is 108 Å². The van der Waals surface area contributed by atoms with Crippen molar-refractivity contribution in [3.8, 4) is 34.3 Å². The number of oxazole rings is 1. The third-order valence-electron chi connectivity index (χ3n) is 10.2. The number of carbonyl (C=O) groups excluding carboxylic acids is 4. The number of hydrogen-bond donors (Lipinski definition) is 2. The Morgan fingerprint density at radius 3 is 1.51 bits per heavy atom. The van der Waals surface area contributed by atoms with Crippen molar-refractivity contribution in [3.05, 3.63) is 114 Å². The van der Waals surface area contributed by atoms with Gasteiger partial charge in [0, 0.05) is 71.6 Å². The van der Waals surface area contributed by atoms with Gasteiger partial charge in [-0.3, -0.25) is 19.2 Å². The molecule has 3 heterocycles. The normalized spacial score (nSPS) is 16.5. The summed E-state index contributed by atoms with van der Waals surface area (Å²) in [5, 5.41) is 5.91. The number of nitrogens with one attached hydrogen (secondary N) is 2. The van der Waals surface area contributed by atoms with Gasteiger partial charge in [-0.05, 0) is 123 Å². The summed E-state index contributed by atoms with van der Waals surface area (Å²) in [5.41, 5.74) is 3.95. The van der Waals surface area contributed by atoms with E-state index in [4.69, 9.17) is 13.9 Å². The van der Waals surface area contributed by atoms with E-state index in [9.17, 15) is 19.2 Å². The predicted octanol–water partition coefficient (Wildman–Crippen LogP) is 7.29. The Kier molecular flexibility index (Phi) is 11.2. The minimum Gasteiger partial charge on any atom is -0.497 e. The second kappa shape index (κ2) is 16.7. The molecule has 0 aliphatic carbocycles. The average molecular weight is 742 g/mol. The quantitative estimate of drug-likeness (QED) is 0.136. The van der Waals surface area contributed by atoms with E-state index in [1.54, 1.807) is 90.9 Å². The standard InChI is InChI=1S/C43H43N5O7/c1-53-36-19-11-30(12-20-36)42(51)47-23-3-5-34(47)25-39(49)45-32-15-7-28(8-16-32)38-27-44-41(55-38)29-9-17-33(18-10-29)46-40(50)26-35-6-4-24-48(35)43(52)31-13-21-37(54-2)22-14-31/h7-22,27,34-35H,3-6,23-26H2,1-2H3,(H,45,49)(H,46,50)/t34-,35-/m0/s1. The average Bonchev–Trinajstić information content (AvgIpc) is 4.00. The van der Waals surface area contributed by atoms with E-state index >= 15 is 0 Å². The van der Waals surface area contributed by atoms with Gasteiger partial charge in [0.25, 0.3) is 11.8 Å². The Bertz CT molecular complexity index is 1980. The lowest BCUT2D eigenvalue weighted by atomic mass is 10.1. The largest absolute Gasteiger partial charge is 0.497 e. The zero-order chi connectivity index (χ0) is 38.3. The first-order chi connectivity index (χ1) is 26.8. The molecule has 12 heteroatoms. The third-order valence-corrected chi connectivity index (χ3v) is 10.2. The summed E-state index contributed by atoms with van der Waals surface area (Å²) in [6.07, 6.45) is 5.31. The van der Waals surface area contributed by atoms with Gasteiger partial charge in [-0.15, -0.1) is 0 Å². The minimum absolute atomic E-state index is 0.0836. The van der Waals surface area contributed by atoms with Crippen LogP contribution in [0, 0.1) is 0 Å². The van der Waals surface area contributed by atoms with Crippen LogP contribution in [0.5, 0.6) is 11.5 Å². The van der Waals surface area contributed by atoms with Crippen molar-refractivity contribution in [1.29, 1.82) is 0 Å². The van der Waals surface area contributed by atoms with Crippen molar-refractivity contribution in [3.63, 3.8) is 0 Å². The Hall–Kier alpha value is -6.43. The lowest BCUT2D eigenvalue weighted by molar-refractivity contribution is -0.117. The number of nitrogens with zero attached hydrogens (tertiary/aromatic N) is 3. The Balaban J connectivity index is 0.896. The molecule has 2 aliphatic heterocycles. The van der Waals surface area contributed by atoms with Crippen molar-refractivity contribution in [2.45, 2.75) is 50.6 Å². The molecule has 2 saturated heterocycles. The molecule has 4 aromatic carbocycles. The number of aromatic nitrogens is 1. The number of ether oxygens (including phenoxy) is 2. The zero-order valence-corrected chi connectivity index (χ0v) is 30.8. The molecule has 2 aliphatic rings. The van der Waals surface area contributed by atoms with E-state index in [2.05, 4.69) is 15.6 Å². The maximum Gasteiger partial charge on any atom is 0.254 e. The highest BCUT2D eigenvalue weighted by Crippen LogP contribution is 2.30. The molecule has 0 radical (unpaired) electrons. The van der Waals surface area contributed by atoms with Crippen molar-refractivity contribution < 1.29 is 33.1 Å². The maximum absolute atomic E-state index is 13.2. The Labute approximate surface area is 319 Å². The fourth-order valence-electron chi connectivity index (χ4n) is 7.24. The van der Waals surface area contributed by atoms with Crippen LogP contribution in [0.4, 0.5) is 11.4 Å². The van der Waals surface area contributed by atoms with E-state index in [0.29, 0.717) is 58.7 Å². The number of anilines is 2.